The van der Waals surface area contributed by atoms with E-state index in [4.69, 9.17) is 9.47 Å². The van der Waals surface area contributed by atoms with E-state index in [1.807, 2.05) is 0 Å². The molecule has 0 N–H and O–H groups in total. The molecule has 1 saturated heterocycles. The average Bonchev–Trinajstić information content (AvgIpc) is 2.53. The lowest BCUT2D eigenvalue weighted by Crippen LogP contribution is -2.66. The Morgan fingerprint density at radius 2 is 1.33 bits per heavy atom. The third-order valence-electron chi connectivity index (χ3n) is 3.93. The molecule has 0 aromatic heterocycles. The van der Waals surface area contributed by atoms with Gasteiger partial charge in [0.1, 0.15) is 0 Å². The molecule has 13 heteroatoms. The Labute approximate surface area is 147 Å². The Balaban J connectivity index is 2.65. The van der Waals surface area contributed by atoms with Crippen LogP contribution in [-0.4, -0.2) is 49.4 Å². The topological polar surface area (TPSA) is 18.5 Å². The fourth-order valence-corrected chi connectivity index (χ4v) is 2.27. The Bertz CT molecular complexity index is 470. The molecule has 0 bridgehead atoms. The van der Waals surface area contributed by atoms with Gasteiger partial charge in [-0.15, -0.1) is 0 Å². The van der Waals surface area contributed by atoms with Crippen LogP contribution in [0, 0.1) is 0 Å². The minimum absolute atomic E-state index is 0.262. The number of alkyl halides is 11. The predicted molar refractivity (Wildman–Crippen MR) is 69.2 cm³/mol. The average molecular weight is 426 g/mol. The molecule has 1 rings (SSSR count). The summed E-state index contributed by atoms with van der Waals surface area (Å²) in [4.78, 5) is 0. The highest BCUT2D eigenvalue weighted by atomic mass is 19.4. The van der Waals surface area contributed by atoms with Crippen molar-refractivity contribution in [2.45, 2.75) is 74.7 Å². The highest BCUT2D eigenvalue weighted by Crippen LogP contribution is 2.58. The number of halogens is 11. The van der Waals surface area contributed by atoms with E-state index in [-0.39, 0.29) is 13.0 Å². The summed E-state index contributed by atoms with van der Waals surface area (Å²) in [5.41, 5.74) is 0. The van der Waals surface area contributed by atoms with E-state index < -0.39 is 49.0 Å². The first-order chi connectivity index (χ1) is 12.1. The summed E-state index contributed by atoms with van der Waals surface area (Å²) >= 11 is 0. The molecule has 2 nitrogen and oxygen atoms in total. The van der Waals surface area contributed by atoms with Crippen LogP contribution in [0.3, 0.4) is 0 Å². The summed E-state index contributed by atoms with van der Waals surface area (Å²) in [6.45, 7) is 0.138. The molecule has 1 fully saturated rings. The van der Waals surface area contributed by atoms with Crippen molar-refractivity contribution >= 4 is 0 Å². The zero-order valence-corrected chi connectivity index (χ0v) is 13.7. The van der Waals surface area contributed by atoms with E-state index >= 15 is 0 Å². The van der Waals surface area contributed by atoms with Gasteiger partial charge in [0, 0.05) is 19.6 Å². The standard InChI is InChI=1S/C14H17F11O2/c15-10(16,6-2-4-8-27-9-5-1-3-7-26-9)11(17,18)12(19,20)13(21,22)14(23,24)25/h9H,1-8H2. The van der Waals surface area contributed by atoms with Gasteiger partial charge in [-0.1, -0.05) is 0 Å². The molecule has 1 atom stereocenters. The fourth-order valence-electron chi connectivity index (χ4n) is 2.27. The highest BCUT2D eigenvalue weighted by molar-refractivity contribution is 5.06. The van der Waals surface area contributed by atoms with Crippen molar-refractivity contribution in [3.8, 4) is 0 Å². The second-order valence-corrected chi connectivity index (χ2v) is 6.05. The van der Waals surface area contributed by atoms with Crippen molar-refractivity contribution in [1.82, 2.24) is 0 Å². The van der Waals surface area contributed by atoms with Crippen LogP contribution in [0.5, 0.6) is 0 Å². The third kappa shape index (κ3) is 4.96. The Morgan fingerprint density at radius 3 is 1.81 bits per heavy atom. The summed E-state index contributed by atoms with van der Waals surface area (Å²) in [6.07, 6.45) is -8.93. The normalized spacial score (nSPS) is 20.8. The molecule has 0 spiro atoms. The molecule has 0 aromatic rings. The first-order valence-corrected chi connectivity index (χ1v) is 7.89. The summed E-state index contributed by atoms with van der Waals surface area (Å²) in [6, 6.07) is 0. The van der Waals surface area contributed by atoms with Crippen LogP contribution in [0.25, 0.3) is 0 Å². The quantitative estimate of drug-likeness (QED) is 0.343. The first-order valence-electron chi connectivity index (χ1n) is 7.89. The molecule has 0 radical (unpaired) electrons. The Morgan fingerprint density at radius 1 is 0.741 bits per heavy atom. The maximum atomic E-state index is 13.4. The Kier molecular flexibility index (Phi) is 7.40. The number of hydrogen-bond acceptors (Lipinski definition) is 2. The zero-order chi connectivity index (χ0) is 21.1. The van der Waals surface area contributed by atoms with E-state index in [0.29, 0.717) is 13.0 Å². The van der Waals surface area contributed by atoms with Crippen molar-refractivity contribution in [1.29, 1.82) is 0 Å². The smallest absolute Gasteiger partial charge is 0.353 e. The van der Waals surface area contributed by atoms with Crippen LogP contribution in [0.2, 0.25) is 0 Å². The van der Waals surface area contributed by atoms with Crippen LogP contribution in [0.15, 0.2) is 0 Å². The van der Waals surface area contributed by atoms with Gasteiger partial charge in [0.15, 0.2) is 6.29 Å². The molecule has 1 heterocycles. The van der Waals surface area contributed by atoms with E-state index in [0.717, 1.165) is 12.8 Å². The van der Waals surface area contributed by atoms with Crippen LogP contribution < -0.4 is 0 Å². The second-order valence-electron chi connectivity index (χ2n) is 6.05. The van der Waals surface area contributed by atoms with Gasteiger partial charge >= 0.3 is 29.9 Å². The molecular formula is C14H17F11O2. The van der Waals surface area contributed by atoms with Gasteiger partial charge in [0.05, 0.1) is 0 Å². The van der Waals surface area contributed by atoms with Gasteiger partial charge in [-0.05, 0) is 32.1 Å². The van der Waals surface area contributed by atoms with Gasteiger partial charge in [-0.25, -0.2) is 0 Å². The molecule has 0 aliphatic carbocycles. The van der Waals surface area contributed by atoms with Crippen LogP contribution in [0.1, 0.15) is 38.5 Å². The largest absolute Gasteiger partial charge is 0.460 e. The Hall–Kier alpha value is -0.850. The third-order valence-corrected chi connectivity index (χ3v) is 3.93. The molecular weight excluding hydrogens is 409 g/mol. The summed E-state index contributed by atoms with van der Waals surface area (Å²) in [5, 5.41) is 0. The highest BCUT2D eigenvalue weighted by Gasteiger charge is 2.86. The molecule has 1 aliphatic rings. The maximum absolute atomic E-state index is 13.4. The van der Waals surface area contributed by atoms with Crippen molar-refractivity contribution in [2.24, 2.45) is 0 Å². The van der Waals surface area contributed by atoms with Crippen LogP contribution in [0.4, 0.5) is 48.3 Å². The van der Waals surface area contributed by atoms with E-state index in [1.165, 1.54) is 0 Å². The minimum Gasteiger partial charge on any atom is -0.353 e. The van der Waals surface area contributed by atoms with Crippen molar-refractivity contribution in [2.75, 3.05) is 13.2 Å². The van der Waals surface area contributed by atoms with Crippen molar-refractivity contribution in [3.63, 3.8) is 0 Å². The maximum Gasteiger partial charge on any atom is 0.460 e. The van der Waals surface area contributed by atoms with Gasteiger partial charge < -0.3 is 9.47 Å². The molecule has 162 valence electrons. The van der Waals surface area contributed by atoms with Gasteiger partial charge in [-0.2, -0.15) is 48.3 Å². The number of ether oxygens (including phenoxy) is 2. The lowest BCUT2D eigenvalue weighted by molar-refractivity contribution is -0.422. The molecule has 0 aromatic carbocycles. The fraction of sp³-hybridized carbons (Fsp3) is 1.00. The van der Waals surface area contributed by atoms with Gasteiger partial charge in [0.2, 0.25) is 0 Å². The number of hydrogen-bond donors (Lipinski definition) is 0. The molecule has 0 saturated carbocycles. The number of rotatable bonds is 9. The van der Waals surface area contributed by atoms with Crippen LogP contribution >= 0.6 is 0 Å². The summed E-state index contributed by atoms with van der Waals surface area (Å²) in [7, 11) is 0. The molecule has 1 unspecified atom stereocenters. The van der Waals surface area contributed by atoms with E-state index in [2.05, 4.69) is 0 Å². The second kappa shape index (κ2) is 8.26. The molecule has 1 aliphatic heterocycles. The van der Waals surface area contributed by atoms with Crippen molar-refractivity contribution in [3.05, 3.63) is 0 Å². The van der Waals surface area contributed by atoms with Gasteiger partial charge in [-0.3, -0.25) is 0 Å². The predicted octanol–water partition coefficient (Wildman–Crippen LogP) is 5.80. The van der Waals surface area contributed by atoms with E-state index in [1.54, 1.807) is 0 Å². The zero-order valence-electron chi connectivity index (χ0n) is 13.7. The van der Waals surface area contributed by atoms with Crippen molar-refractivity contribution < 1.29 is 57.8 Å². The lowest BCUT2D eigenvalue weighted by atomic mass is 9.95. The summed E-state index contributed by atoms with van der Waals surface area (Å²) in [5.74, 6) is -27.4. The summed E-state index contributed by atoms with van der Waals surface area (Å²) < 4.78 is 151. The minimum atomic E-state index is -7.34. The SMILES string of the molecule is FC(F)(F)C(F)(F)C(F)(F)C(F)(F)C(F)(F)CCCCOC1CCCCO1. The molecule has 0 amide bonds. The first kappa shape index (κ1) is 24.2. The van der Waals surface area contributed by atoms with Gasteiger partial charge in [0.25, 0.3) is 0 Å². The van der Waals surface area contributed by atoms with E-state index in [9.17, 15) is 48.3 Å². The molecule has 27 heavy (non-hydrogen) atoms. The lowest BCUT2D eigenvalue weighted by Gasteiger charge is -2.37. The monoisotopic (exact) mass is 426 g/mol. The number of unbranched alkanes of at least 4 members (excludes halogenated alkanes) is 1. The van der Waals surface area contributed by atoms with Crippen LogP contribution in [-0.2, 0) is 9.47 Å².